The van der Waals surface area contributed by atoms with Gasteiger partial charge in [-0.1, -0.05) is 18.2 Å². The minimum Gasteiger partial charge on any atom is -0.448 e. The van der Waals surface area contributed by atoms with E-state index in [2.05, 4.69) is 15.6 Å². The molecule has 29 heavy (non-hydrogen) atoms. The Balaban J connectivity index is 1.62. The molecule has 0 bridgehead atoms. The maximum Gasteiger partial charge on any atom is 0.357 e. The zero-order chi connectivity index (χ0) is 20.8. The molecule has 1 heterocycles. The first-order valence-corrected chi connectivity index (χ1v) is 8.91. The zero-order valence-corrected chi connectivity index (χ0v) is 16.0. The number of amides is 2. The van der Waals surface area contributed by atoms with Gasteiger partial charge in [0.05, 0.1) is 12.5 Å². The molecule has 0 aliphatic rings. The molecule has 2 amide bonds. The number of ether oxygens (including phenoxy) is 1. The van der Waals surface area contributed by atoms with Gasteiger partial charge in [0.25, 0.3) is 5.91 Å². The van der Waals surface area contributed by atoms with Crippen LogP contribution in [0.5, 0.6) is 0 Å². The Morgan fingerprint density at radius 2 is 1.59 bits per heavy atom. The van der Waals surface area contributed by atoms with Gasteiger partial charge in [-0.2, -0.15) is 0 Å². The lowest BCUT2D eigenvalue weighted by Crippen LogP contribution is -2.30. The van der Waals surface area contributed by atoms with Crippen molar-refractivity contribution in [2.75, 3.05) is 10.6 Å². The van der Waals surface area contributed by atoms with Crippen molar-refractivity contribution in [2.24, 2.45) is 0 Å². The number of nitrogens with zero attached hydrogens (tertiary/aromatic N) is 2. The van der Waals surface area contributed by atoms with Crippen LogP contribution in [0.4, 0.5) is 11.4 Å². The summed E-state index contributed by atoms with van der Waals surface area (Å²) in [7, 11) is 0. The third kappa shape index (κ3) is 5.07. The van der Waals surface area contributed by atoms with Crippen LogP contribution in [-0.4, -0.2) is 33.4 Å². The van der Waals surface area contributed by atoms with E-state index in [4.69, 9.17) is 4.74 Å². The molecule has 2 N–H and O–H groups in total. The molecule has 3 aromatic rings. The van der Waals surface area contributed by atoms with Crippen LogP contribution in [0, 0.1) is 0 Å². The lowest BCUT2D eigenvalue weighted by Gasteiger charge is -2.14. The third-order valence-corrected chi connectivity index (χ3v) is 4.01. The van der Waals surface area contributed by atoms with Gasteiger partial charge in [0.1, 0.15) is 0 Å². The maximum absolute atomic E-state index is 12.5. The van der Waals surface area contributed by atoms with E-state index < -0.39 is 18.0 Å². The molecule has 8 heteroatoms. The summed E-state index contributed by atoms with van der Waals surface area (Å²) in [6.07, 6.45) is 1.88. The molecule has 0 aliphatic carbocycles. The van der Waals surface area contributed by atoms with Crippen LogP contribution in [0.1, 0.15) is 24.3 Å². The predicted molar refractivity (Wildman–Crippen MR) is 108 cm³/mol. The average Bonchev–Trinajstić information content (AvgIpc) is 3.20. The molecule has 0 saturated carbocycles. The molecule has 1 atom stereocenters. The van der Waals surface area contributed by atoms with Crippen molar-refractivity contribution in [3.63, 3.8) is 0 Å². The van der Waals surface area contributed by atoms with Crippen molar-refractivity contribution in [2.45, 2.75) is 20.0 Å². The highest BCUT2D eigenvalue weighted by atomic mass is 16.5. The van der Waals surface area contributed by atoms with Gasteiger partial charge in [-0.15, -0.1) is 0 Å². The van der Waals surface area contributed by atoms with Gasteiger partial charge < -0.3 is 15.4 Å². The SMILES string of the molecule is CC(=O)Nc1ccc(NC(=O)C(C)OC(=O)c2cncn2-c2ccccc2)cc1. The van der Waals surface area contributed by atoms with Crippen LogP contribution in [-0.2, 0) is 14.3 Å². The molecule has 0 aliphatic heterocycles. The van der Waals surface area contributed by atoms with E-state index in [1.165, 1.54) is 26.4 Å². The number of benzene rings is 2. The number of aromatic nitrogens is 2. The standard InChI is InChI=1S/C21H20N4O4/c1-14(20(27)24-17-10-8-16(9-11-17)23-15(2)26)29-21(28)19-12-22-13-25(19)18-6-4-3-5-7-18/h3-14H,1-2H3,(H,23,26)(H,24,27). The summed E-state index contributed by atoms with van der Waals surface area (Å²) in [5.74, 6) is -1.32. The average molecular weight is 392 g/mol. The summed E-state index contributed by atoms with van der Waals surface area (Å²) in [5, 5.41) is 5.31. The number of hydrogen-bond acceptors (Lipinski definition) is 5. The van der Waals surface area contributed by atoms with E-state index in [1.807, 2.05) is 30.3 Å². The van der Waals surface area contributed by atoms with E-state index >= 15 is 0 Å². The number of nitrogens with one attached hydrogen (secondary N) is 2. The summed E-state index contributed by atoms with van der Waals surface area (Å²) in [6, 6.07) is 15.8. The van der Waals surface area contributed by atoms with Gasteiger partial charge >= 0.3 is 5.97 Å². The first-order valence-electron chi connectivity index (χ1n) is 8.91. The number of carbonyl (C=O) groups is 3. The number of hydrogen-bond donors (Lipinski definition) is 2. The van der Waals surface area contributed by atoms with Crippen molar-refractivity contribution in [3.05, 3.63) is 72.8 Å². The number of esters is 1. The number of carbonyl (C=O) groups excluding carboxylic acids is 3. The summed E-state index contributed by atoms with van der Waals surface area (Å²) in [4.78, 5) is 39.9. The van der Waals surface area contributed by atoms with Crippen molar-refractivity contribution >= 4 is 29.2 Å². The molecule has 1 aromatic heterocycles. The van der Waals surface area contributed by atoms with Gasteiger partial charge in [0, 0.05) is 24.0 Å². The Morgan fingerprint density at radius 3 is 2.21 bits per heavy atom. The van der Waals surface area contributed by atoms with Crippen molar-refractivity contribution in [1.29, 1.82) is 0 Å². The fraction of sp³-hybridized carbons (Fsp3) is 0.143. The fourth-order valence-corrected chi connectivity index (χ4v) is 2.60. The van der Waals surface area contributed by atoms with E-state index in [-0.39, 0.29) is 11.6 Å². The van der Waals surface area contributed by atoms with Crippen molar-refractivity contribution in [3.8, 4) is 5.69 Å². The van der Waals surface area contributed by atoms with Gasteiger partial charge in [0.15, 0.2) is 11.8 Å². The molecule has 0 fully saturated rings. The third-order valence-electron chi connectivity index (χ3n) is 4.01. The van der Waals surface area contributed by atoms with Gasteiger partial charge in [0.2, 0.25) is 5.91 Å². The van der Waals surface area contributed by atoms with Gasteiger partial charge in [-0.25, -0.2) is 9.78 Å². The second kappa shape index (κ2) is 8.83. The second-order valence-corrected chi connectivity index (χ2v) is 6.28. The van der Waals surface area contributed by atoms with E-state index in [0.717, 1.165) is 5.69 Å². The summed E-state index contributed by atoms with van der Waals surface area (Å²) in [6.45, 7) is 2.90. The predicted octanol–water partition coefficient (Wildman–Crippen LogP) is 3.01. The smallest absolute Gasteiger partial charge is 0.357 e. The molecule has 0 spiro atoms. The number of anilines is 2. The molecular weight excluding hydrogens is 372 g/mol. The van der Waals surface area contributed by atoms with Crippen LogP contribution < -0.4 is 10.6 Å². The lowest BCUT2D eigenvalue weighted by atomic mass is 10.2. The minimum absolute atomic E-state index is 0.183. The summed E-state index contributed by atoms with van der Waals surface area (Å²) < 4.78 is 6.89. The highest BCUT2D eigenvalue weighted by Gasteiger charge is 2.22. The Labute approximate surface area is 167 Å². The van der Waals surface area contributed by atoms with Gasteiger partial charge in [-0.05, 0) is 43.3 Å². The van der Waals surface area contributed by atoms with E-state index in [9.17, 15) is 14.4 Å². The normalized spacial score (nSPS) is 11.4. The molecule has 0 saturated heterocycles. The zero-order valence-electron chi connectivity index (χ0n) is 16.0. The van der Waals surface area contributed by atoms with E-state index in [1.54, 1.807) is 28.8 Å². The monoisotopic (exact) mass is 392 g/mol. The van der Waals surface area contributed by atoms with Gasteiger partial charge in [-0.3, -0.25) is 14.2 Å². The molecule has 2 aromatic carbocycles. The van der Waals surface area contributed by atoms with Crippen LogP contribution >= 0.6 is 0 Å². The number of imidazole rings is 1. The fourth-order valence-electron chi connectivity index (χ4n) is 2.60. The van der Waals surface area contributed by atoms with Crippen molar-refractivity contribution < 1.29 is 19.1 Å². The minimum atomic E-state index is -1.02. The van der Waals surface area contributed by atoms with Crippen LogP contribution in [0.3, 0.4) is 0 Å². The summed E-state index contributed by atoms with van der Waals surface area (Å²) >= 11 is 0. The molecular formula is C21H20N4O4. The molecule has 0 radical (unpaired) electrons. The highest BCUT2D eigenvalue weighted by molar-refractivity contribution is 5.97. The molecule has 148 valence electrons. The van der Waals surface area contributed by atoms with Crippen LogP contribution in [0.2, 0.25) is 0 Å². The first kappa shape index (κ1) is 19.8. The Bertz CT molecular complexity index is 1010. The first-order chi connectivity index (χ1) is 13.9. The van der Waals surface area contributed by atoms with Crippen molar-refractivity contribution in [1.82, 2.24) is 9.55 Å². The number of para-hydroxylation sites is 1. The Hall–Kier alpha value is -3.94. The largest absolute Gasteiger partial charge is 0.448 e. The highest BCUT2D eigenvalue weighted by Crippen LogP contribution is 2.15. The molecule has 1 unspecified atom stereocenters. The second-order valence-electron chi connectivity index (χ2n) is 6.28. The topological polar surface area (TPSA) is 102 Å². The lowest BCUT2D eigenvalue weighted by molar-refractivity contribution is -0.123. The Kier molecular flexibility index (Phi) is 6.03. The number of rotatable bonds is 6. The summed E-state index contributed by atoms with van der Waals surface area (Å²) in [5.41, 5.74) is 2.11. The van der Waals surface area contributed by atoms with E-state index in [0.29, 0.717) is 11.4 Å². The molecule has 8 nitrogen and oxygen atoms in total. The maximum atomic E-state index is 12.5. The Morgan fingerprint density at radius 1 is 0.966 bits per heavy atom. The van der Waals surface area contributed by atoms with Crippen LogP contribution in [0.15, 0.2) is 67.1 Å². The quantitative estimate of drug-likeness (QED) is 0.628. The van der Waals surface area contributed by atoms with Crippen LogP contribution in [0.25, 0.3) is 5.69 Å². The molecule has 3 rings (SSSR count).